The molecule has 0 spiro atoms. The monoisotopic (exact) mass is 351 g/mol. The van der Waals surface area contributed by atoms with Crippen molar-refractivity contribution in [3.8, 4) is 17.0 Å². The largest absolute Gasteiger partial charge is 0.490 e. The Morgan fingerprint density at radius 3 is 2.77 bits per heavy atom. The summed E-state index contributed by atoms with van der Waals surface area (Å²) in [4.78, 5) is 31.8. The summed E-state index contributed by atoms with van der Waals surface area (Å²) in [6.07, 6.45) is 0. The van der Waals surface area contributed by atoms with Gasteiger partial charge in [0, 0.05) is 12.1 Å². The predicted molar refractivity (Wildman–Crippen MR) is 99.7 cm³/mol. The lowest BCUT2D eigenvalue weighted by molar-refractivity contribution is 0.321. The van der Waals surface area contributed by atoms with Crippen LogP contribution in [0.15, 0.2) is 46.0 Å². The number of nitrogens with one attached hydrogen (secondary N) is 4. The third kappa shape index (κ3) is 2.66. The fraction of sp³-hybridized carbons (Fsp3) is 0.167. The zero-order valence-corrected chi connectivity index (χ0v) is 14.1. The Morgan fingerprint density at radius 1 is 1.08 bits per heavy atom. The summed E-state index contributed by atoms with van der Waals surface area (Å²) in [6, 6.07) is 10.6. The lowest BCUT2D eigenvalue weighted by Gasteiger charge is -2.10. The minimum Gasteiger partial charge on any atom is -0.490 e. The normalized spacial score (nSPS) is 11.3. The van der Waals surface area contributed by atoms with E-state index in [4.69, 9.17) is 4.74 Å². The molecule has 0 aliphatic heterocycles. The van der Waals surface area contributed by atoms with Crippen LogP contribution in [0.2, 0.25) is 0 Å². The highest BCUT2D eigenvalue weighted by Crippen LogP contribution is 2.26. The molecule has 0 aliphatic rings. The SMILES string of the molecule is CNCCOc1cccc2[nH]c(=O)c(-c3cccc4c(=O)[nH][nH]c34)nc12. The summed E-state index contributed by atoms with van der Waals surface area (Å²) in [5.74, 6) is 0.588. The number of hydrogen-bond acceptors (Lipinski definition) is 5. The van der Waals surface area contributed by atoms with Crippen LogP contribution in [-0.2, 0) is 0 Å². The van der Waals surface area contributed by atoms with E-state index in [0.717, 1.165) is 0 Å². The molecule has 132 valence electrons. The summed E-state index contributed by atoms with van der Waals surface area (Å²) in [6.45, 7) is 1.17. The van der Waals surface area contributed by atoms with E-state index in [9.17, 15) is 9.59 Å². The molecular formula is C18H17N5O3. The summed E-state index contributed by atoms with van der Waals surface area (Å²) in [5, 5.41) is 8.84. The first kappa shape index (κ1) is 16.1. The van der Waals surface area contributed by atoms with Crippen molar-refractivity contribution in [1.29, 1.82) is 0 Å². The molecule has 8 nitrogen and oxygen atoms in total. The van der Waals surface area contributed by atoms with Gasteiger partial charge in [0.1, 0.15) is 23.6 Å². The Labute approximate surface area is 147 Å². The van der Waals surface area contributed by atoms with Gasteiger partial charge in [0.05, 0.1) is 16.4 Å². The number of benzene rings is 2. The Balaban J connectivity index is 1.92. The van der Waals surface area contributed by atoms with E-state index >= 15 is 0 Å². The van der Waals surface area contributed by atoms with Gasteiger partial charge in [0.2, 0.25) is 0 Å². The second-order valence-electron chi connectivity index (χ2n) is 5.83. The van der Waals surface area contributed by atoms with Gasteiger partial charge in [-0.1, -0.05) is 18.2 Å². The zero-order valence-electron chi connectivity index (χ0n) is 14.1. The minimum absolute atomic E-state index is 0.225. The van der Waals surface area contributed by atoms with Gasteiger partial charge in [-0.05, 0) is 25.2 Å². The number of likely N-dealkylation sites (N-methyl/N-ethyl adjacent to an activating group) is 1. The van der Waals surface area contributed by atoms with E-state index in [1.165, 1.54) is 0 Å². The van der Waals surface area contributed by atoms with E-state index < -0.39 is 0 Å². The molecule has 0 unspecified atom stereocenters. The molecule has 26 heavy (non-hydrogen) atoms. The Morgan fingerprint density at radius 2 is 1.92 bits per heavy atom. The van der Waals surface area contributed by atoms with Crippen LogP contribution in [0.5, 0.6) is 5.75 Å². The summed E-state index contributed by atoms with van der Waals surface area (Å²) < 4.78 is 5.77. The lowest BCUT2D eigenvalue weighted by atomic mass is 10.1. The van der Waals surface area contributed by atoms with Crippen LogP contribution in [0, 0.1) is 0 Å². The van der Waals surface area contributed by atoms with Crippen molar-refractivity contribution in [3.63, 3.8) is 0 Å². The number of para-hydroxylation sites is 2. The molecule has 4 rings (SSSR count). The van der Waals surface area contributed by atoms with E-state index in [1.54, 1.807) is 30.3 Å². The molecule has 4 aromatic rings. The van der Waals surface area contributed by atoms with Gasteiger partial charge in [-0.3, -0.25) is 19.8 Å². The maximum absolute atomic E-state index is 12.6. The number of nitrogens with zero attached hydrogens (tertiary/aromatic N) is 1. The van der Waals surface area contributed by atoms with Gasteiger partial charge in [0.25, 0.3) is 11.1 Å². The highest BCUT2D eigenvalue weighted by molar-refractivity contribution is 5.93. The standard InChI is InChI=1S/C18H17N5O3/c1-19-8-9-26-13-7-3-6-12-16(13)21-15(18(25)20-12)10-4-2-5-11-14(10)22-23-17(11)24/h2-7,19H,8-9H2,1H3,(H,20,25)(H2,22,23,24). The molecule has 2 aromatic carbocycles. The summed E-state index contributed by atoms with van der Waals surface area (Å²) >= 11 is 0. The third-order valence-corrected chi connectivity index (χ3v) is 4.16. The second-order valence-corrected chi connectivity index (χ2v) is 5.83. The molecule has 0 aliphatic carbocycles. The quantitative estimate of drug-likeness (QED) is 0.405. The van der Waals surface area contributed by atoms with Crippen molar-refractivity contribution >= 4 is 21.9 Å². The first-order chi connectivity index (χ1) is 12.7. The van der Waals surface area contributed by atoms with Crippen molar-refractivity contribution in [1.82, 2.24) is 25.5 Å². The van der Waals surface area contributed by atoms with Crippen LogP contribution in [0.4, 0.5) is 0 Å². The number of ether oxygens (including phenoxy) is 1. The van der Waals surface area contributed by atoms with E-state index in [1.807, 2.05) is 13.1 Å². The highest BCUT2D eigenvalue weighted by Gasteiger charge is 2.15. The van der Waals surface area contributed by atoms with Crippen LogP contribution in [0.1, 0.15) is 0 Å². The molecule has 8 heteroatoms. The third-order valence-electron chi connectivity index (χ3n) is 4.16. The smallest absolute Gasteiger partial charge is 0.275 e. The van der Waals surface area contributed by atoms with Crippen LogP contribution in [0.3, 0.4) is 0 Å². The molecule has 4 N–H and O–H groups in total. The second kappa shape index (κ2) is 6.49. The molecule has 2 heterocycles. The zero-order chi connectivity index (χ0) is 18.1. The molecule has 0 saturated heterocycles. The van der Waals surface area contributed by atoms with Gasteiger partial charge in [0.15, 0.2) is 0 Å². The fourth-order valence-corrected chi connectivity index (χ4v) is 2.90. The lowest BCUT2D eigenvalue weighted by Crippen LogP contribution is -2.17. The molecule has 0 amide bonds. The molecule has 0 saturated carbocycles. The first-order valence-electron chi connectivity index (χ1n) is 8.19. The number of rotatable bonds is 5. The maximum Gasteiger partial charge on any atom is 0.275 e. The van der Waals surface area contributed by atoms with Crippen LogP contribution < -0.4 is 21.2 Å². The predicted octanol–water partition coefficient (Wildman–Crippen LogP) is 1.36. The summed E-state index contributed by atoms with van der Waals surface area (Å²) in [7, 11) is 1.85. The molecule has 0 fully saturated rings. The van der Waals surface area contributed by atoms with Gasteiger partial charge >= 0.3 is 0 Å². The van der Waals surface area contributed by atoms with Gasteiger partial charge in [-0.25, -0.2) is 4.98 Å². The van der Waals surface area contributed by atoms with Crippen LogP contribution in [0.25, 0.3) is 33.2 Å². The average molecular weight is 351 g/mol. The van der Waals surface area contributed by atoms with Crippen LogP contribution >= 0.6 is 0 Å². The first-order valence-corrected chi connectivity index (χ1v) is 8.19. The van der Waals surface area contributed by atoms with Gasteiger partial charge in [-0.2, -0.15) is 0 Å². The number of H-pyrrole nitrogens is 3. The van der Waals surface area contributed by atoms with E-state index in [-0.39, 0.29) is 16.8 Å². The Hall–Kier alpha value is -3.39. The van der Waals surface area contributed by atoms with E-state index in [0.29, 0.717) is 46.4 Å². The van der Waals surface area contributed by atoms with Crippen molar-refractivity contribution in [2.45, 2.75) is 0 Å². The van der Waals surface area contributed by atoms with Gasteiger partial charge in [-0.15, -0.1) is 0 Å². The number of hydrogen-bond donors (Lipinski definition) is 4. The van der Waals surface area contributed by atoms with E-state index in [2.05, 4.69) is 25.5 Å². The minimum atomic E-state index is -0.334. The maximum atomic E-state index is 12.6. The number of fused-ring (bicyclic) bond motifs is 2. The Kier molecular flexibility index (Phi) is 4.02. The average Bonchev–Trinajstić information content (AvgIpc) is 3.03. The molecule has 2 aromatic heterocycles. The molecule has 0 radical (unpaired) electrons. The van der Waals surface area contributed by atoms with Crippen molar-refractivity contribution in [2.75, 3.05) is 20.2 Å². The highest BCUT2D eigenvalue weighted by atomic mass is 16.5. The Bertz CT molecular complexity index is 1200. The van der Waals surface area contributed by atoms with Crippen molar-refractivity contribution in [3.05, 3.63) is 57.1 Å². The van der Waals surface area contributed by atoms with Gasteiger partial charge < -0.3 is 15.0 Å². The van der Waals surface area contributed by atoms with Crippen molar-refractivity contribution in [2.24, 2.45) is 0 Å². The summed E-state index contributed by atoms with van der Waals surface area (Å²) in [5.41, 5.74) is 1.90. The topological polar surface area (TPSA) is 116 Å². The number of aromatic nitrogens is 4. The van der Waals surface area contributed by atoms with Crippen LogP contribution in [-0.4, -0.2) is 40.4 Å². The number of aromatic amines is 3. The molecule has 0 bridgehead atoms. The fourth-order valence-electron chi connectivity index (χ4n) is 2.90. The van der Waals surface area contributed by atoms with Crippen molar-refractivity contribution < 1.29 is 4.74 Å². The molecular weight excluding hydrogens is 334 g/mol. The molecule has 0 atom stereocenters.